The number of hydrogen-bond acceptors (Lipinski definition) is 3. The van der Waals surface area contributed by atoms with Gasteiger partial charge in [0.2, 0.25) is 0 Å². The smallest absolute Gasteiger partial charge is 0.0445 e. The Labute approximate surface area is 88.4 Å². The van der Waals surface area contributed by atoms with Gasteiger partial charge in [-0.15, -0.1) is 11.3 Å². The van der Waals surface area contributed by atoms with Crippen LogP contribution in [0.5, 0.6) is 0 Å². The van der Waals surface area contributed by atoms with Crippen LogP contribution in [-0.2, 0) is 0 Å². The van der Waals surface area contributed by atoms with Crippen LogP contribution in [-0.4, -0.2) is 0 Å². The Hall–Kier alpha value is -0.380. The minimum absolute atomic E-state index is 1.40. The van der Waals surface area contributed by atoms with E-state index in [0.29, 0.717) is 0 Å². The zero-order chi connectivity index (χ0) is 8.67. The van der Waals surface area contributed by atoms with Crippen molar-refractivity contribution in [2.24, 2.45) is 0 Å². The van der Waals surface area contributed by atoms with Gasteiger partial charge in [0.05, 0.1) is 0 Å². The van der Waals surface area contributed by atoms with Crippen LogP contribution in [0.15, 0.2) is 34.6 Å². The maximum absolute atomic E-state index is 2.21. The summed E-state index contributed by atoms with van der Waals surface area (Å²) in [5.74, 6) is 0. The van der Waals surface area contributed by atoms with E-state index in [-0.39, 0.29) is 0 Å². The Morgan fingerprint density at radius 3 is 3.00 bits per heavy atom. The van der Waals surface area contributed by atoms with E-state index >= 15 is 0 Å². The summed E-state index contributed by atoms with van der Waals surface area (Å²) in [7, 11) is 3.66. The van der Waals surface area contributed by atoms with Crippen molar-refractivity contribution in [3.8, 4) is 0 Å². The molecular formula is C10H6S3. The molecule has 2 heterocycles. The highest BCUT2D eigenvalue weighted by atomic mass is 33.1. The third-order valence-corrected chi connectivity index (χ3v) is 5.32. The molecule has 1 aromatic heterocycles. The molecule has 0 nitrogen and oxygen atoms in total. The predicted octanol–water partition coefficient (Wildman–Crippen LogP) is 4.63. The third kappa shape index (κ3) is 1.23. The molecule has 0 bridgehead atoms. The van der Waals surface area contributed by atoms with E-state index < -0.39 is 0 Å². The van der Waals surface area contributed by atoms with Crippen LogP contribution in [0, 0.1) is 0 Å². The van der Waals surface area contributed by atoms with Crippen LogP contribution >= 0.6 is 32.9 Å². The van der Waals surface area contributed by atoms with E-state index in [4.69, 9.17) is 0 Å². The third-order valence-electron chi connectivity index (χ3n) is 1.98. The van der Waals surface area contributed by atoms with Crippen LogP contribution in [0.2, 0.25) is 0 Å². The Morgan fingerprint density at radius 1 is 1.08 bits per heavy atom. The molecule has 1 aromatic carbocycles. The molecule has 0 radical (unpaired) electrons. The van der Waals surface area contributed by atoms with E-state index in [9.17, 15) is 0 Å². The highest BCUT2D eigenvalue weighted by molar-refractivity contribution is 8.78. The molecule has 0 saturated heterocycles. The molecule has 1 aliphatic rings. The summed E-state index contributed by atoms with van der Waals surface area (Å²) in [6.45, 7) is 0. The molecule has 0 saturated carbocycles. The van der Waals surface area contributed by atoms with Crippen LogP contribution in [0.3, 0.4) is 0 Å². The van der Waals surface area contributed by atoms with E-state index in [0.717, 1.165) is 0 Å². The van der Waals surface area contributed by atoms with Crippen LogP contribution in [0.1, 0.15) is 4.88 Å². The molecule has 0 N–H and O–H groups in total. The normalized spacial score (nSPS) is 14.8. The van der Waals surface area contributed by atoms with Gasteiger partial charge in [-0.1, -0.05) is 39.8 Å². The van der Waals surface area contributed by atoms with E-state index in [1.807, 2.05) is 22.1 Å². The van der Waals surface area contributed by atoms with Crippen molar-refractivity contribution in [1.82, 2.24) is 0 Å². The molecule has 0 spiro atoms. The van der Waals surface area contributed by atoms with E-state index in [1.54, 1.807) is 10.8 Å². The summed E-state index contributed by atoms with van der Waals surface area (Å²) in [5.41, 5.74) is 0. The fourth-order valence-corrected chi connectivity index (χ4v) is 4.89. The molecule has 13 heavy (non-hydrogen) atoms. The van der Waals surface area contributed by atoms with Crippen molar-refractivity contribution in [1.29, 1.82) is 0 Å². The standard InChI is InChI=1S/C10H6S3/c1-2-4-8-7(3-1)10-9(12-8)5-6-11-13-10/h1-6H. The molecular weight excluding hydrogens is 216 g/mol. The molecule has 1 aliphatic heterocycles. The zero-order valence-corrected chi connectivity index (χ0v) is 9.14. The predicted molar refractivity (Wildman–Crippen MR) is 64.3 cm³/mol. The Kier molecular flexibility index (Phi) is 1.89. The molecule has 3 rings (SSSR count). The van der Waals surface area contributed by atoms with Crippen LogP contribution in [0.25, 0.3) is 16.2 Å². The fourth-order valence-electron chi connectivity index (χ4n) is 1.40. The minimum Gasteiger partial charge on any atom is -0.135 e. The molecule has 0 amide bonds. The van der Waals surface area contributed by atoms with Crippen molar-refractivity contribution in [3.05, 3.63) is 34.6 Å². The highest BCUT2D eigenvalue weighted by Crippen LogP contribution is 2.47. The summed E-state index contributed by atoms with van der Waals surface area (Å²) < 4.78 is 1.40. The van der Waals surface area contributed by atoms with Gasteiger partial charge in [0, 0.05) is 19.9 Å². The second kappa shape index (κ2) is 3.08. The lowest BCUT2D eigenvalue weighted by molar-refractivity contribution is 1.63. The topological polar surface area (TPSA) is 0 Å². The highest BCUT2D eigenvalue weighted by Gasteiger charge is 2.12. The van der Waals surface area contributed by atoms with Gasteiger partial charge in [-0.05, 0) is 17.6 Å². The van der Waals surface area contributed by atoms with Gasteiger partial charge in [0.15, 0.2) is 0 Å². The van der Waals surface area contributed by atoms with Gasteiger partial charge in [-0.2, -0.15) is 0 Å². The molecule has 0 fully saturated rings. The molecule has 0 atom stereocenters. The fraction of sp³-hybridized carbons (Fsp3) is 0. The van der Waals surface area contributed by atoms with Crippen molar-refractivity contribution >= 4 is 49.1 Å². The summed E-state index contributed by atoms with van der Waals surface area (Å²) in [6, 6.07) is 8.61. The molecule has 0 aliphatic carbocycles. The Balaban J connectivity index is 2.41. The summed E-state index contributed by atoms with van der Waals surface area (Å²) in [6.07, 6.45) is 2.21. The monoisotopic (exact) mass is 222 g/mol. The minimum atomic E-state index is 1.40. The maximum Gasteiger partial charge on any atom is 0.0445 e. The SMILES string of the molecule is C1=Cc2sc3ccccc3c2SS1. The molecule has 2 aromatic rings. The number of rotatable bonds is 0. The second-order valence-electron chi connectivity index (χ2n) is 2.77. The Morgan fingerprint density at radius 2 is 2.00 bits per heavy atom. The lowest BCUT2D eigenvalue weighted by Crippen LogP contribution is -1.71. The molecule has 0 unspecified atom stereocenters. The first-order chi connectivity index (χ1) is 6.45. The van der Waals surface area contributed by atoms with Gasteiger partial charge in [0.1, 0.15) is 0 Å². The van der Waals surface area contributed by atoms with Crippen molar-refractivity contribution in [2.45, 2.75) is 4.90 Å². The summed E-state index contributed by atoms with van der Waals surface area (Å²) in [4.78, 5) is 2.85. The van der Waals surface area contributed by atoms with Crippen LogP contribution < -0.4 is 0 Å². The van der Waals surface area contributed by atoms with E-state index in [2.05, 4.69) is 35.7 Å². The maximum atomic E-state index is 2.21. The summed E-state index contributed by atoms with van der Waals surface area (Å²) in [5, 5.41) is 3.56. The number of hydrogen-bond donors (Lipinski definition) is 0. The van der Waals surface area contributed by atoms with Crippen molar-refractivity contribution < 1.29 is 0 Å². The number of fused-ring (bicyclic) bond motifs is 3. The van der Waals surface area contributed by atoms with Crippen molar-refractivity contribution in [2.75, 3.05) is 0 Å². The van der Waals surface area contributed by atoms with Crippen molar-refractivity contribution in [3.63, 3.8) is 0 Å². The average Bonchev–Trinajstić information content (AvgIpc) is 2.56. The van der Waals surface area contributed by atoms with Gasteiger partial charge in [-0.3, -0.25) is 0 Å². The second-order valence-corrected chi connectivity index (χ2v) is 5.97. The number of benzene rings is 1. The first kappa shape index (κ1) is 7.97. The van der Waals surface area contributed by atoms with Gasteiger partial charge >= 0.3 is 0 Å². The first-order valence-electron chi connectivity index (χ1n) is 3.96. The van der Waals surface area contributed by atoms with Gasteiger partial charge < -0.3 is 0 Å². The number of thiophene rings is 1. The van der Waals surface area contributed by atoms with Crippen LogP contribution in [0.4, 0.5) is 0 Å². The van der Waals surface area contributed by atoms with Gasteiger partial charge in [-0.25, -0.2) is 0 Å². The van der Waals surface area contributed by atoms with E-state index in [1.165, 1.54) is 19.9 Å². The Bertz CT molecular complexity index is 482. The summed E-state index contributed by atoms with van der Waals surface area (Å²) >= 11 is 1.88. The molecule has 3 heteroatoms. The zero-order valence-electron chi connectivity index (χ0n) is 6.69. The lowest BCUT2D eigenvalue weighted by Gasteiger charge is -2.02. The van der Waals surface area contributed by atoms with Gasteiger partial charge in [0.25, 0.3) is 0 Å². The average molecular weight is 222 g/mol. The first-order valence-corrected chi connectivity index (χ1v) is 6.99. The largest absolute Gasteiger partial charge is 0.135 e. The molecule has 64 valence electrons. The quantitative estimate of drug-likeness (QED) is 0.596. The lowest BCUT2D eigenvalue weighted by atomic mass is 10.2.